The van der Waals surface area contributed by atoms with E-state index >= 15 is 0 Å². The summed E-state index contributed by atoms with van der Waals surface area (Å²) in [5.41, 5.74) is 3.16. The van der Waals surface area contributed by atoms with Crippen LogP contribution in [0.15, 0.2) is 24.3 Å². The Balaban J connectivity index is 1.62. The smallest absolute Gasteiger partial charge is 0.0211 e. The Kier molecular flexibility index (Phi) is 4.22. The van der Waals surface area contributed by atoms with Crippen LogP contribution < -0.4 is 5.32 Å². The molecule has 2 unspecified atom stereocenters. The normalized spacial score (nSPS) is 27.4. The molecular weight excluding hydrogens is 230 g/mol. The summed E-state index contributed by atoms with van der Waals surface area (Å²) in [6.45, 7) is 3.43. The van der Waals surface area contributed by atoms with Crippen LogP contribution in [0.4, 0.5) is 0 Å². The van der Waals surface area contributed by atoms with Gasteiger partial charge in [-0.3, -0.25) is 0 Å². The molecule has 1 heteroatoms. The number of nitrogens with one attached hydrogen (secondary N) is 1. The van der Waals surface area contributed by atoms with E-state index in [1.54, 1.807) is 11.1 Å². The van der Waals surface area contributed by atoms with Crippen LogP contribution in [0.3, 0.4) is 0 Å². The Morgan fingerprint density at radius 3 is 2.63 bits per heavy atom. The van der Waals surface area contributed by atoms with Crippen molar-refractivity contribution in [2.45, 2.75) is 70.4 Å². The molecule has 0 aliphatic heterocycles. The van der Waals surface area contributed by atoms with Gasteiger partial charge < -0.3 is 5.32 Å². The third-order valence-electron chi connectivity index (χ3n) is 5.06. The van der Waals surface area contributed by atoms with Crippen LogP contribution in [0.25, 0.3) is 0 Å². The minimum absolute atomic E-state index is 0.756. The van der Waals surface area contributed by atoms with Gasteiger partial charge in [0.2, 0.25) is 0 Å². The topological polar surface area (TPSA) is 12.0 Å². The zero-order chi connectivity index (χ0) is 13.1. The molecule has 0 saturated heterocycles. The van der Waals surface area contributed by atoms with Gasteiger partial charge in [-0.2, -0.15) is 0 Å². The van der Waals surface area contributed by atoms with Crippen LogP contribution in [0, 0.1) is 5.92 Å². The molecule has 1 N–H and O–H groups in total. The SMILES string of the molecule is CCC1CCCCC1NCc1ccccc1C1CC1. The van der Waals surface area contributed by atoms with Gasteiger partial charge in [-0.05, 0) is 48.6 Å². The molecule has 3 rings (SSSR count). The van der Waals surface area contributed by atoms with Gasteiger partial charge in [-0.15, -0.1) is 0 Å². The van der Waals surface area contributed by atoms with E-state index in [0.717, 1.165) is 24.4 Å². The number of hydrogen-bond donors (Lipinski definition) is 1. The summed E-state index contributed by atoms with van der Waals surface area (Å²) in [4.78, 5) is 0. The van der Waals surface area contributed by atoms with Gasteiger partial charge in [-0.25, -0.2) is 0 Å². The summed E-state index contributed by atoms with van der Waals surface area (Å²) in [6, 6.07) is 9.82. The molecule has 0 aromatic heterocycles. The third-order valence-corrected chi connectivity index (χ3v) is 5.06. The van der Waals surface area contributed by atoms with Crippen LogP contribution in [-0.2, 0) is 6.54 Å². The van der Waals surface area contributed by atoms with E-state index in [0.29, 0.717) is 0 Å². The summed E-state index contributed by atoms with van der Waals surface area (Å²) >= 11 is 0. The predicted octanol–water partition coefficient (Wildman–Crippen LogP) is 4.62. The molecule has 1 nitrogen and oxygen atoms in total. The van der Waals surface area contributed by atoms with Gasteiger partial charge in [0.05, 0.1) is 0 Å². The van der Waals surface area contributed by atoms with Crippen molar-refractivity contribution in [2.75, 3.05) is 0 Å². The van der Waals surface area contributed by atoms with Crippen molar-refractivity contribution < 1.29 is 0 Å². The fraction of sp³-hybridized carbons (Fsp3) is 0.667. The van der Waals surface area contributed by atoms with Crippen molar-refractivity contribution in [1.29, 1.82) is 0 Å². The zero-order valence-electron chi connectivity index (χ0n) is 12.2. The summed E-state index contributed by atoms with van der Waals surface area (Å²) in [7, 11) is 0. The van der Waals surface area contributed by atoms with E-state index in [-0.39, 0.29) is 0 Å². The van der Waals surface area contributed by atoms with E-state index in [1.165, 1.54) is 44.9 Å². The highest BCUT2D eigenvalue weighted by molar-refractivity contribution is 5.33. The lowest BCUT2D eigenvalue weighted by Crippen LogP contribution is -2.38. The molecule has 2 fully saturated rings. The van der Waals surface area contributed by atoms with Crippen molar-refractivity contribution in [3.05, 3.63) is 35.4 Å². The second kappa shape index (κ2) is 6.09. The molecule has 2 atom stereocenters. The Morgan fingerprint density at radius 2 is 1.84 bits per heavy atom. The van der Waals surface area contributed by atoms with E-state index in [1.807, 2.05) is 0 Å². The minimum Gasteiger partial charge on any atom is -0.310 e. The summed E-state index contributed by atoms with van der Waals surface area (Å²) in [5.74, 6) is 1.77. The molecule has 0 radical (unpaired) electrons. The van der Waals surface area contributed by atoms with Crippen LogP contribution in [0.1, 0.15) is 68.9 Å². The molecule has 0 bridgehead atoms. The molecule has 1 aromatic rings. The van der Waals surface area contributed by atoms with Gasteiger partial charge in [0.1, 0.15) is 0 Å². The molecule has 19 heavy (non-hydrogen) atoms. The first-order valence-electron chi connectivity index (χ1n) is 8.19. The number of benzene rings is 1. The van der Waals surface area contributed by atoms with Crippen LogP contribution in [0.2, 0.25) is 0 Å². The molecule has 0 spiro atoms. The maximum absolute atomic E-state index is 3.86. The van der Waals surface area contributed by atoms with Crippen molar-refractivity contribution in [3.8, 4) is 0 Å². The van der Waals surface area contributed by atoms with Gasteiger partial charge in [-0.1, -0.05) is 50.5 Å². The second-order valence-electron chi connectivity index (χ2n) is 6.41. The highest BCUT2D eigenvalue weighted by Crippen LogP contribution is 2.41. The lowest BCUT2D eigenvalue weighted by molar-refractivity contribution is 0.254. The molecule has 0 amide bonds. The Bertz CT molecular complexity index is 408. The Labute approximate surface area is 117 Å². The first-order valence-corrected chi connectivity index (χ1v) is 8.19. The van der Waals surface area contributed by atoms with Crippen LogP contribution >= 0.6 is 0 Å². The monoisotopic (exact) mass is 257 g/mol. The first kappa shape index (κ1) is 13.2. The Morgan fingerprint density at radius 1 is 1.05 bits per heavy atom. The zero-order valence-corrected chi connectivity index (χ0v) is 12.2. The van der Waals surface area contributed by atoms with E-state index in [9.17, 15) is 0 Å². The molecule has 2 aliphatic rings. The van der Waals surface area contributed by atoms with Gasteiger partial charge in [0.15, 0.2) is 0 Å². The largest absolute Gasteiger partial charge is 0.310 e. The fourth-order valence-corrected chi connectivity index (χ4v) is 3.69. The summed E-state index contributed by atoms with van der Waals surface area (Å²) in [5, 5.41) is 3.86. The summed E-state index contributed by atoms with van der Waals surface area (Å²) < 4.78 is 0. The maximum Gasteiger partial charge on any atom is 0.0211 e. The van der Waals surface area contributed by atoms with E-state index in [2.05, 4.69) is 36.5 Å². The van der Waals surface area contributed by atoms with E-state index < -0.39 is 0 Å². The first-order chi connectivity index (χ1) is 9.38. The molecular formula is C18H27N. The van der Waals surface area contributed by atoms with Crippen molar-refractivity contribution in [3.63, 3.8) is 0 Å². The van der Waals surface area contributed by atoms with Crippen LogP contribution in [-0.4, -0.2) is 6.04 Å². The molecule has 2 aliphatic carbocycles. The minimum atomic E-state index is 0.756. The molecule has 1 aromatic carbocycles. The van der Waals surface area contributed by atoms with Crippen molar-refractivity contribution >= 4 is 0 Å². The van der Waals surface area contributed by atoms with Gasteiger partial charge in [0, 0.05) is 12.6 Å². The molecule has 104 valence electrons. The third kappa shape index (κ3) is 3.20. The molecule has 0 heterocycles. The predicted molar refractivity (Wildman–Crippen MR) is 81.3 cm³/mol. The number of hydrogen-bond acceptors (Lipinski definition) is 1. The average molecular weight is 257 g/mol. The fourth-order valence-electron chi connectivity index (χ4n) is 3.69. The molecule has 2 saturated carbocycles. The highest BCUT2D eigenvalue weighted by Gasteiger charge is 2.27. The number of rotatable bonds is 5. The van der Waals surface area contributed by atoms with Gasteiger partial charge >= 0.3 is 0 Å². The quantitative estimate of drug-likeness (QED) is 0.811. The van der Waals surface area contributed by atoms with Crippen LogP contribution in [0.5, 0.6) is 0 Å². The van der Waals surface area contributed by atoms with Gasteiger partial charge in [0.25, 0.3) is 0 Å². The average Bonchev–Trinajstić information content (AvgIpc) is 3.30. The van der Waals surface area contributed by atoms with E-state index in [4.69, 9.17) is 0 Å². The Hall–Kier alpha value is -0.820. The maximum atomic E-state index is 3.86. The van der Waals surface area contributed by atoms with Crippen molar-refractivity contribution in [2.24, 2.45) is 5.92 Å². The van der Waals surface area contributed by atoms with Crippen molar-refractivity contribution in [1.82, 2.24) is 5.32 Å². The highest BCUT2D eigenvalue weighted by atomic mass is 14.9. The summed E-state index contributed by atoms with van der Waals surface area (Å²) in [6.07, 6.45) is 9.80. The lowest BCUT2D eigenvalue weighted by Gasteiger charge is -2.32. The standard InChI is InChI=1S/C18H27N/c1-2-14-7-4-6-10-18(14)19-13-16-8-3-5-9-17(16)15-11-12-15/h3,5,8-9,14-15,18-19H,2,4,6-7,10-13H2,1H3. The second-order valence-corrected chi connectivity index (χ2v) is 6.41. The lowest BCUT2D eigenvalue weighted by atomic mass is 9.83.